The maximum absolute atomic E-state index is 12.3. The van der Waals surface area contributed by atoms with Gasteiger partial charge < -0.3 is 15.1 Å². The van der Waals surface area contributed by atoms with E-state index in [1.807, 2.05) is 19.0 Å². The highest BCUT2D eigenvalue weighted by molar-refractivity contribution is 5.77. The molecule has 1 heterocycles. The van der Waals surface area contributed by atoms with Gasteiger partial charge in [0.2, 0.25) is 0 Å². The Morgan fingerprint density at radius 1 is 1.22 bits per heavy atom. The zero-order valence-electron chi connectivity index (χ0n) is 11.8. The molecule has 1 saturated heterocycles. The van der Waals surface area contributed by atoms with E-state index in [4.69, 9.17) is 0 Å². The van der Waals surface area contributed by atoms with Crippen LogP contribution in [-0.2, 0) is 0 Å². The molecule has 1 atom stereocenters. The fourth-order valence-electron chi connectivity index (χ4n) is 3.26. The second kappa shape index (κ2) is 6.41. The molecule has 1 N–H and O–H groups in total. The van der Waals surface area contributed by atoms with Gasteiger partial charge in [-0.2, -0.15) is 0 Å². The van der Waals surface area contributed by atoms with Gasteiger partial charge in [0.05, 0.1) is 6.04 Å². The molecule has 0 spiro atoms. The van der Waals surface area contributed by atoms with Gasteiger partial charge in [0.25, 0.3) is 0 Å². The fraction of sp³-hybridized carbons (Fsp3) is 0.929. The number of nitrogens with one attached hydrogen (secondary N) is 1. The Labute approximate surface area is 111 Å². The maximum Gasteiger partial charge on any atom is 0.320 e. The summed E-state index contributed by atoms with van der Waals surface area (Å²) in [5, 5.41) is 3.18. The number of rotatable bonds is 4. The molecule has 1 saturated carbocycles. The molecule has 0 radical (unpaired) electrons. The lowest BCUT2D eigenvalue weighted by Crippen LogP contribution is -2.38. The van der Waals surface area contributed by atoms with Crippen LogP contribution < -0.4 is 5.32 Å². The minimum Gasteiger partial charge on any atom is -0.323 e. The standard InChI is InChI=1S/C14H27N3O/c1-15-10-9-13-11-17(14(18)16(13)2)12-7-5-3-4-6-8-12/h12-13,15H,3-11H2,1-2H3. The molecular formula is C14H27N3O. The van der Waals surface area contributed by atoms with Crippen molar-refractivity contribution in [3.63, 3.8) is 0 Å². The summed E-state index contributed by atoms with van der Waals surface area (Å²) in [6.45, 7) is 1.92. The molecule has 2 aliphatic rings. The first kappa shape index (κ1) is 13.7. The van der Waals surface area contributed by atoms with Gasteiger partial charge in [-0.25, -0.2) is 4.79 Å². The predicted molar refractivity (Wildman–Crippen MR) is 73.7 cm³/mol. The van der Waals surface area contributed by atoms with Gasteiger partial charge in [-0.3, -0.25) is 0 Å². The molecular weight excluding hydrogens is 226 g/mol. The van der Waals surface area contributed by atoms with Crippen molar-refractivity contribution in [2.45, 2.75) is 57.0 Å². The van der Waals surface area contributed by atoms with Gasteiger partial charge in [0, 0.05) is 19.6 Å². The molecule has 2 fully saturated rings. The van der Waals surface area contributed by atoms with Crippen molar-refractivity contribution in [1.82, 2.24) is 15.1 Å². The molecule has 2 amide bonds. The molecule has 18 heavy (non-hydrogen) atoms. The van der Waals surface area contributed by atoms with Gasteiger partial charge in [-0.1, -0.05) is 25.7 Å². The van der Waals surface area contributed by atoms with Crippen molar-refractivity contribution in [2.75, 3.05) is 27.2 Å². The van der Waals surface area contributed by atoms with E-state index in [2.05, 4.69) is 10.2 Å². The normalized spacial score (nSPS) is 26.8. The van der Waals surface area contributed by atoms with Crippen molar-refractivity contribution in [3.8, 4) is 0 Å². The van der Waals surface area contributed by atoms with E-state index >= 15 is 0 Å². The molecule has 0 bridgehead atoms. The third kappa shape index (κ3) is 2.97. The summed E-state index contributed by atoms with van der Waals surface area (Å²) in [4.78, 5) is 16.4. The first-order valence-corrected chi connectivity index (χ1v) is 7.42. The van der Waals surface area contributed by atoms with E-state index < -0.39 is 0 Å². The summed E-state index contributed by atoms with van der Waals surface area (Å²) in [6.07, 6.45) is 8.74. The van der Waals surface area contributed by atoms with E-state index in [-0.39, 0.29) is 6.03 Å². The highest BCUT2D eigenvalue weighted by Gasteiger charge is 2.37. The Balaban J connectivity index is 1.94. The van der Waals surface area contributed by atoms with E-state index in [1.54, 1.807) is 0 Å². The van der Waals surface area contributed by atoms with E-state index in [0.29, 0.717) is 12.1 Å². The molecule has 0 aromatic rings. The number of hydrogen-bond acceptors (Lipinski definition) is 2. The lowest BCUT2D eigenvalue weighted by Gasteiger charge is -2.26. The van der Waals surface area contributed by atoms with Crippen molar-refractivity contribution < 1.29 is 4.79 Å². The minimum absolute atomic E-state index is 0.253. The molecule has 4 nitrogen and oxygen atoms in total. The summed E-state index contributed by atoms with van der Waals surface area (Å²) < 4.78 is 0. The number of amides is 2. The number of nitrogens with zero attached hydrogens (tertiary/aromatic N) is 2. The molecule has 0 aromatic carbocycles. The van der Waals surface area contributed by atoms with Crippen LogP contribution in [0.25, 0.3) is 0 Å². The van der Waals surface area contributed by atoms with Crippen LogP contribution in [0.5, 0.6) is 0 Å². The van der Waals surface area contributed by atoms with Crippen LogP contribution in [0.15, 0.2) is 0 Å². The third-order valence-corrected chi connectivity index (χ3v) is 4.50. The number of carbonyl (C=O) groups is 1. The summed E-state index contributed by atoms with van der Waals surface area (Å²) in [5.74, 6) is 0. The monoisotopic (exact) mass is 253 g/mol. The van der Waals surface area contributed by atoms with Crippen LogP contribution in [0.3, 0.4) is 0 Å². The zero-order valence-corrected chi connectivity index (χ0v) is 11.8. The van der Waals surface area contributed by atoms with Crippen molar-refractivity contribution >= 4 is 6.03 Å². The Morgan fingerprint density at radius 3 is 2.50 bits per heavy atom. The highest BCUT2D eigenvalue weighted by Crippen LogP contribution is 2.27. The van der Waals surface area contributed by atoms with Crippen molar-refractivity contribution in [2.24, 2.45) is 0 Å². The summed E-state index contributed by atoms with van der Waals surface area (Å²) in [7, 11) is 3.93. The lowest BCUT2D eigenvalue weighted by atomic mass is 10.1. The Bertz CT molecular complexity index is 274. The second-order valence-corrected chi connectivity index (χ2v) is 5.74. The molecule has 1 aliphatic carbocycles. The van der Waals surface area contributed by atoms with Gasteiger partial charge >= 0.3 is 6.03 Å². The van der Waals surface area contributed by atoms with Gasteiger partial charge in [0.15, 0.2) is 0 Å². The lowest BCUT2D eigenvalue weighted by molar-refractivity contribution is 0.176. The predicted octanol–water partition coefficient (Wildman–Crippen LogP) is 2.05. The largest absolute Gasteiger partial charge is 0.323 e. The molecule has 2 rings (SSSR count). The number of hydrogen-bond donors (Lipinski definition) is 1. The molecule has 0 aromatic heterocycles. The minimum atomic E-state index is 0.253. The summed E-state index contributed by atoms with van der Waals surface area (Å²) >= 11 is 0. The SMILES string of the molecule is CNCCC1CN(C2CCCCCC2)C(=O)N1C. The van der Waals surface area contributed by atoms with Crippen molar-refractivity contribution in [1.29, 1.82) is 0 Å². The first-order chi connectivity index (χ1) is 8.74. The second-order valence-electron chi connectivity index (χ2n) is 5.74. The number of carbonyl (C=O) groups excluding carboxylic acids is 1. The van der Waals surface area contributed by atoms with Crippen LogP contribution >= 0.6 is 0 Å². The summed E-state index contributed by atoms with van der Waals surface area (Å²) in [6, 6.07) is 1.15. The number of urea groups is 1. The smallest absolute Gasteiger partial charge is 0.320 e. The van der Waals surface area contributed by atoms with E-state index in [9.17, 15) is 4.79 Å². The fourth-order valence-corrected chi connectivity index (χ4v) is 3.26. The van der Waals surface area contributed by atoms with Crippen LogP contribution in [0, 0.1) is 0 Å². The van der Waals surface area contributed by atoms with Crippen molar-refractivity contribution in [3.05, 3.63) is 0 Å². The zero-order chi connectivity index (χ0) is 13.0. The summed E-state index contributed by atoms with van der Waals surface area (Å²) in [5.41, 5.74) is 0. The number of likely N-dealkylation sites (N-methyl/N-ethyl adjacent to an activating group) is 1. The topological polar surface area (TPSA) is 35.6 Å². The third-order valence-electron chi connectivity index (χ3n) is 4.50. The van der Waals surface area contributed by atoms with Crippen LogP contribution in [0.2, 0.25) is 0 Å². The molecule has 4 heteroatoms. The van der Waals surface area contributed by atoms with Gasteiger partial charge in [0.1, 0.15) is 0 Å². The van der Waals surface area contributed by atoms with Gasteiger partial charge in [-0.05, 0) is 32.9 Å². The Morgan fingerprint density at radius 2 is 1.89 bits per heavy atom. The Hall–Kier alpha value is -0.770. The maximum atomic E-state index is 12.3. The Kier molecular flexibility index (Phi) is 4.87. The average molecular weight is 253 g/mol. The van der Waals surface area contributed by atoms with Crippen LogP contribution in [0.4, 0.5) is 4.79 Å². The van der Waals surface area contributed by atoms with E-state index in [0.717, 1.165) is 19.5 Å². The van der Waals surface area contributed by atoms with Gasteiger partial charge in [-0.15, -0.1) is 0 Å². The quantitative estimate of drug-likeness (QED) is 0.778. The molecule has 1 unspecified atom stereocenters. The molecule has 1 aliphatic heterocycles. The average Bonchev–Trinajstić information content (AvgIpc) is 2.62. The molecule has 104 valence electrons. The van der Waals surface area contributed by atoms with Crippen LogP contribution in [0.1, 0.15) is 44.9 Å². The highest BCUT2D eigenvalue weighted by atomic mass is 16.2. The van der Waals surface area contributed by atoms with E-state index in [1.165, 1.54) is 38.5 Å². The first-order valence-electron chi connectivity index (χ1n) is 7.42. The van der Waals surface area contributed by atoms with Crippen LogP contribution in [-0.4, -0.2) is 55.1 Å².